The summed E-state index contributed by atoms with van der Waals surface area (Å²) in [6.45, 7) is 4.68. The van der Waals surface area contributed by atoms with Gasteiger partial charge < -0.3 is 19.8 Å². The monoisotopic (exact) mass is 1310 g/mol. The lowest BCUT2D eigenvalue weighted by Crippen LogP contribution is -2.45. The maximum Gasteiger partial charge on any atom is 0.472 e. The van der Waals surface area contributed by atoms with E-state index in [1.165, 1.54) is 173 Å². The number of rotatable bonds is 69. The molecule has 1 amide bonds. The first kappa shape index (κ1) is 89.1. The van der Waals surface area contributed by atoms with Gasteiger partial charge in [0.25, 0.3) is 0 Å². The predicted octanol–water partition coefficient (Wildman–Crippen LogP) is 25.3. The summed E-state index contributed by atoms with van der Waals surface area (Å²) >= 11 is 0. The van der Waals surface area contributed by atoms with Crippen LogP contribution in [0.25, 0.3) is 0 Å². The van der Waals surface area contributed by atoms with E-state index in [9.17, 15) is 19.4 Å². The summed E-state index contributed by atoms with van der Waals surface area (Å²) in [5, 5.41) is 14.0. The quantitative estimate of drug-likeness (QED) is 0.0243. The fourth-order valence-electron chi connectivity index (χ4n) is 10.6. The van der Waals surface area contributed by atoms with Crippen molar-refractivity contribution in [2.45, 2.75) is 328 Å². The van der Waals surface area contributed by atoms with Gasteiger partial charge in [-0.1, -0.05) is 345 Å². The second kappa shape index (κ2) is 72.4. The molecule has 0 radical (unpaired) electrons. The summed E-state index contributed by atoms with van der Waals surface area (Å²) in [5.74, 6) is -0.203. The third kappa shape index (κ3) is 75.4. The van der Waals surface area contributed by atoms with Crippen molar-refractivity contribution in [3.8, 4) is 0 Å². The average molecular weight is 1310 g/mol. The fourth-order valence-corrected chi connectivity index (χ4v) is 11.3. The van der Waals surface area contributed by atoms with Crippen LogP contribution in [0.5, 0.6) is 0 Å². The van der Waals surface area contributed by atoms with Crippen molar-refractivity contribution in [3.05, 3.63) is 158 Å². The molecule has 93 heavy (non-hydrogen) atoms. The molecule has 0 spiro atoms. The highest BCUT2D eigenvalue weighted by molar-refractivity contribution is 7.47. The molecule has 0 aliphatic carbocycles. The number of carbonyl (C=O) groups excluding carboxylic acids is 1. The van der Waals surface area contributed by atoms with Gasteiger partial charge in [-0.05, 0) is 122 Å². The van der Waals surface area contributed by atoms with Crippen molar-refractivity contribution in [1.29, 1.82) is 0 Å². The molecular weight excluding hydrogens is 1160 g/mol. The van der Waals surface area contributed by atoms with Crippen molar-refractivity contribution in [3.63, 3.8) is 0 Å². The molecule has 0 fully saturated rings. The Morgan fingerprint density at radius 2 is 0.656 bits per heavy atom. The van der Waals surface area contributed by atoms with E-state index in [0.29, 0.717) is 17.4 Å². The molecular formula is C84H146N2O6P+. The molecule has 532 valence electrons. The van der Waals surface area contributed by atoms with E-state index < -0.39 is 20.0 Å². The molecule has 0 heterocycles. The molecule has 0 aliphatic heterocycles. The standard InChI is InChI=1S/C84H145N2O6P/c1-6-8-10-12-14-16-18-20-22-24-26-28-30-32-34-36-38-40-41-42-43-44-45-46-48-50-52-54-56-58-60-62-64-66-68-70-72-74-76-78-84(88)85-82(81-92-93(89,90)91-80-79-86(3,4)5)83(87)77-75-73-71-69-67-65-63-61-59-57-55-53-51-49-47-39-37-35-33-31-29-27-25-23-21-19-17-15-13-11-9-7-2/h8,10,14,16,20,22,26,28,32,34,38,40,42-43,45-46,50,52,56,58-59,61,67,69,75,77,82-83,87H,6-7,9,11-13,15,17-19,21,23-25,27,29-31,33,35-37,39,41,44,47-49,51,53-55,57,60,62-66,68,70-74,76,78-81H2,1-5H3,(H-,85,88,89,90)/p+1/b10-8-,16-14-,22-20-,28-26-,34-32-,40-38-,43-42-,46-45-,52-50-,58-56-,61-59+,69-67+,77-75+. The number of carbonyl (C=O) groups is 1. The number of likely N-dealkylation sites (N-methyl/N-ethyl adjacent to an activating group) is 1. The van der Waals surface area contributed by atoms with Crippen LogP contribution in [0.4, 0.5) is 0 Å². The van der Waals surface area contributed by atoms with Gasteiger partial charge in [0, 0.05) is 6.42 Å². The molecule has 0 aromatic rings. The minimum absolute atomic E-state index is 0.0441. The summed E-state index contributed by atoms with van der Waals surface area (Å²) in [6, 6.07) is -0.889. The molecule has 0 bridgehead atoms. The summed E-state index contributed by atoms with van der Waals surface area (Å²) in [7, 11) is 1.53. The van der Waals surface area contributed by atoms with Crippen molar-refractivity contribution < 1.29 is 32.9 Å². The Kier molecular flexibility index (Phi) is 69.4. The summed E-state index contributed by atoms with van der Waals surface area (Å²) in [4.78, 5) is 23.5. The van der Waals surface area contributed by atoms with E-state index in [2.05, 4.69) is 165 Å². The molecule has 3 unspecified atom stereocenters. The lowest BCUT2D eigenvalue weighted by atomic mass is 10.0. The highest BCUT2D eigenvalue weighted by Crippen LogP contribution is 2.43. The number of allylic oxidation sites excluding steroid dienone is 25. The molecule has 0 saturated heterocycles. The van der Waals surface area contributed by atoms with E-state index >= 15 is 0 Å². The number of hydrogen-bond donors (Lipinski definition) is 3. The van der Waals surface area contributed by atoms with Crippen LogP contribution in [0.2, 0.25) is 0 Å². The van der Waals surface area contributed by atoms with Crippen LogP contribution >= 0.6 is 7.82 Å². The minimum Gasteiger partial charge on any atom is -0.387 e. The summed E-state index contributed by atoms with van der Waals surface area (Å²) in [6.07, 6.45) is 113. The highest BCUT2D eigenvalue weighted by atomic mass is 31.2. The Morgan fingerprint density at radius 1 is 0.376 bits per heavy atom. The van der Waals surface area contributed by atoms with Gasteiger partial charge in [0.15, 0.2) is 0 Å². The highest BCUT2D eigenvalue weighted by Gasteiger charge is 2.28. The van der Waals surface area contributed by atoms with Gasteiger partial charge >= 0.3 is 7.82 Å². The largest absolute Gasteiger partial charge is 0.472 e. The first-order valence-corrected chi connectivity index (χ1v) is 39.9. The molecule has 3 atom stereocenters. The number of aliphatic hydroxyl groups is 1. The number of amides is 1. The number of quaternary nitrogens is 1. The minimum atomic E-state index is -4.38. The summed E-state index contributed by atoms with van der Waals surface area (Å²) < 4.78 is 23.8. The molecule has 0 aromatic heterocycles. The van der Waals surface area contributed by atoms with Gasteiger partial charge in [-0.3, -0.25) is 13.8 Å². The lowest BCUT2D eigenvalue weighted by Gasteiger charge is -2.25. The van der Waals surface area contributed by atoms with E-state index in [0.717, 1.165) is 122 Å². The van der Waals surface area contributed by atoms with E-state index in [1.54, 1.807) is 6.08 Å². The van der Waals surface area contributed by atoms with Crippen LogP contribution in [0.15, 0.2) is 158 Å². The number of phosphoric ester groups is 1. The second-order valence-corrected chi connectivity index (χ2v) is 28.1. The molecule has 0 aromatic carbocycles. The Hall–Kier alpha value is -3.88. The van der Waals surface area contributed by atoms with Crippen molar-refractivity contribution >= 4 is 13.7 Å². The number of nitrogens with zero attached hydrogens (tertiary/aromatic N) is 1. The second-order valence-electron chi connectivity index (χ2n) is 26.6. The van der Waals surface area contributed by atoms with Crippen molar-refractivity contribution in [2.75, 3.05) is 40.9 Å². The van der Waals surface area contributed by atoms with Crippen LogP contribution < -0.4 is 5.32 Å². The van der Waals surface area contributed by atoms with Crippen LogP contribution in [0, 0.1) is 0 Å². The normalized spacial score (nSPS) is 14.4. The van der Waals surface area contributed by atoms with Crippen LogP contribution in [0.1, 0.15) is 316 Å². The predicted molar refractivity (Wildman–Crippen MR) is 410 cm³/mol. The van der Waals surface area contributed by atoms with Crippen molar-refractivity contribution in [1.82, 2.24) is 5.32 Å². The number of unbranched alkanes of at least 4 members (excludes halogenated alkanes) is 32. The fraction of sp³-hybridized carbons (Fsp3) is 0.679. The number of aliphatic hydroxyl groups excluding tert-OH is 1. The Labute approximate surface area is 575 Å². The van der Waals surface area contributed by atoms with Gasteiger partial charge in [0.2, 0.25) is 5.91 Å². The smallest absolute Gasteiger partial charge is 0.387 e. The van der Waals surface area contributed by atoms with Crippen LogP contribution in [0.3, 0.4) is 0 Å². The molecule has 0 saturated carbocycles. The Bertz CT molecular complexity index is 2080. The maximum atomic E-state index is 13.1. The maximum absolute atomic E-state index is 13.1. The molecule has 0 rings (SSSR count). The average Bonchev–Trinajstić information content (AvgIpc) is 1.94. The molecule has 8 nitrogen and oxygen atoms in total. The lowest BCUT2D eigenvalue weighted by molar-refractivity contribution is -0.870. The zero-order valence-corrected chi connectivity index (χ0v) is 61.8. The van der Waals surface area contributed by atoms with Gasteiger partial charge in [-0.2, -0.15) is 0 Å². The van der Waals surface area contributed by atoms with Crippen LogP contribution in [-0.2, 0) is 18.4 Å². The number of nitrogens with one attached hydrogen (secondary N) is 1. The molecule has 0 aliphatic rings. The van der Waals surface area contributed by atoms with Gasteiger partial charge in [0.05, 0.1) is 39.9 Å². The number of phosphoric acid groups is 1. The van der Waals surface area contributed by atoms with E-state index in [4.69, 9.17) is 9.05 Å². The first-order chi connectivity index (χ1) is 45.5. The Morgan fingerprint density at radius 3 is 0.989 bits per heavy atom. The van der Waals surface area contributed by atoms with Gasteiger partial charge in [-0.15, -0.1) is 0 Å². The SMILES string of the molecule is CC/C=C\C/C=C\C/C=C\C/C=C\C/C=C\C/C=C\C/C=C\C/C=C\C/C=C\C/C=C\CCCCCCCCCCC(=O)NC(COP(=O)(O)OCC[N+](C)(C)C)C(O)/C=C/CC/C=C/CC/C=C/CCCCCCCCCCCCCCCCCCCCCCCC. The van der Waals surface area contributed by atoms with Gasteiger partial charge in [0.1, 0.15) is 13.2 Å². The zero-order chi connectivity index (χ0) is 67.6. The third-order valence-electron chi connectivity index (χ3n) is 16.5. The molecule has 3 N–H and O–H groups in total. The topological polar surface area (TPSA) is 105 Å². The van der Waals surface area contributed by atoms with E-state index in [-0.39, 0.29) is 19.1 Å². The number of hydrogen-bond acceptors (Lipinski definition) is 5. The molecule has 9 heteroatoms. The van der Waals surface area contributed by atoms with Crippen LogP contribution in [-0.4, -0.2) is 73.4 Å². The van der Waals surface area contributed by atoms with Crippen molar-refractivity contribution in [2.24, 2.45) is 0 Å². The summed E-state index contributed by atoms with van der Waals surface area (Å²) in [5.41, 5.74) is 0. The third-order valence-corrected chi connectivity index (χ3v) is 17.4. The first-order valence-electron chi connectivity index (χ1n) is 38.4. The Balaban J connectivity index is 4.17. The van der Waals surface area contributed by atoms with Gasteiger partial charge in [-0.25, -0.2) is 4.57 Å². The van der Waals surface area contributed by atoms with E-state index in [1.807, 2.05) is 27.2 Å². The zero-order valence-electron chi connectivity index (χ0n) is 60.9.